The molecule has 134 valence electrons. The van der Waals surface area contributed by atoms with Crippen molar-refractivity contribution in [2.75, 3.05) is 6.54 Å². The molecule has 1 heterocycles. The van der Waals surface area contributed by atoms with E-state index in [4.69, 9.17) is 5.11 Å². The summed E-state index contributed by atoms with van der Waals surface area (Å²) in [6.07, 6.45) is 3.26. The number of unbranched alkanes of at least 4 members (excludes halogenated alkanes) is 3. The van der Waals surface area contributed by atoms with E-state index < -0.39 is 5.97 Å². The quantitative estimate of drug-likeness (QED) is 0.679. The molecule has 0 spiro atoms. The highest BCUT2D eigenvalue weighted by atomic mass is 19.1. The Morgan fingerprint density at radius 1 is 1.16 bits per heavy atom. The van der Waals surface area contributed by atoms with Gasteiger partial charge in [-0.25, -0.2) is 14.1 Å². The van der Waals surface area contributed by atoms with Crippen molar-refractivity contribution in [3.63, 3.8) is 0 Å². The predicted molar refractivity (Wildman–Crippen MR) is 89.1 cm³/mol. The minimum Gasteiger partial charge on any atom is -0.481 e. The maximum atomic E-state index is 13.0. The molecule has 0 aliphatic carbocycles. The fraction of sp³-hybridized carbons (Fsp3) is 0.412. The zero-order chi connectivity index (χ0) is 18.2. The smallest absolute Gasteiger partial charge is 0.303 e. The lowest BCUT2D eigenvalue weighted by molar-refractivity contribution is -0.137. The van der Waals surface area contributed by atoms with Gasteiger partial charge in [-0.3, -0.25) is 9.59 Å². The minimum absolute atomic E-state index is 0.0627. The molecule has 0 saturated carbocycles. The van der Waals surface area contributed by atoms with E-state index >= 15 is 0 Å². The van der Waals surface area contributed by atoms with Crippen LogP contribution in [-0.2, 0) is 4.79 Å². The number of hydrogen-bond donors (Lipinski definition) is 2. The van der Waals surface area contributed by atoms with E-state index in [2.05, 4.69) is 15.4 Å². The van der Waals surface area contributed by atoms with Gasteiger partial charge < -0.3 is 10.4 Å². The van der Waals surface area contributed by atoms with E-state index in [9.17, 15) is 14.0 Å². The fourth-order valence-corrected chi connectivity index (χ4v) is 2.35. The van der Waals surface area contributed by atoms with E-state index in [1.54, 1.807) is 19.1 Å². The second-order valence-electron chi connectivity index (χ2n) is 5.68. The van der Waals surface area contributed by atoms with E-state index in [0.29, 0.717) is 24.5 Å². The summed E-state index contributed by atoms with van der Waals surface area (Å²) < 4.78 is 14.5. The van der Waals surface area contributed by atoms with Crippen LogP contribution >= 0.6 is 0 Å². The molecule has 25 heavy (non-hydrogen) atoms. The van der Waals surface area contributed by atoms with Crippen molar-refractivity contribution in [3.8, 4) is 5.69 Å². The molecule has 2 aromatic rings. The Kier molecular flexibility index (Phi) is 6.62. The van der Waals surface area contributed by atoms with E-state index in [-0.39, 0.29) is 24.0 Å². The highest BCUT2D eigenvalue weighted by Crippen LogP contribution is 2.10. The molecular formula is C17H21FN4O3. The Balaban J connectivity index is 1.81. The molecule has 0 unspecified atom stereocenters. The monoisotopic (exact) mass is 348 g/mol. The number of aromatic nitrogens is 3. The van der Waals surface area contributed by atoms with Gasteiger partial charge in [-0.15, -0.1) is 5.10 Å². The van der Waals surface area contributed by atoms with Crippen molar-refractivity contribution in [1.29, 1.82) is 0 Å². The lowest BCUT2D eigenvalue weighted by Gasteiger charge is -2.03. The molecule has 1 aromatic heterocycles. The highest BCUT2D eigenvalue weighted by molar-refractivity contribution is 5.90. The number of carboxylic acid groups (broad SMARTS) is 1. The lowest BCUT2D eigenvalue weighted by atomic mass is 10.1. The van der Waals surface area contributed by atoms with Crippen LogP contribution in [0.25, 0.3) is 5.69 Å². The third-order valence-electron chi connectivity index (χ3n) is 3.65. The molecule has 8 heteroatoms. The first-order valence-corrected chi connectivity index (χ1v) is 8.17. The number of amides is 1. The number of benzene rings is 1. The molecule has 0 atom stereocenters. The number of hydrogen-bond acceptors (Lipinski definition) is 4. The van der Waals surface area contributed by atoms with Crippen LogP contribution in [-0.4, -0.2) is 38.3 Å². The fourth-order valence-electron chi connectivity index (χ4n) is 2.35. The molecule has 1 amide bonds. The number of nitrogens with one attached hydrogen (secondary N) is 1. The number of aryl methyl sites for hydroxylation is 1. The molecule has 2 N–H and O–H groups in total. The van der Waals surface area contributed by atoms with Gasteiger partial charge in [0.1, 0.15) is 11.6 Å². The standard InChI is InChI=1S/C17H21FN4O3/c1-12-20-16(21-22(12)14-9-7-13(18)8-10-14)17(25)19-11-5-3-2-4-6-15(23)24/h7-10H,2-6,11H2,1H3,(H,19,25)(H,23,24). The van der Waals surface area contributed by atoms with Crippen molar-refractivity contribution in [1.82, 2.24) is 20.1 Å². The topological polar surface area (TPSA) is 97.1 Å². The first-order chi connectivity index (χ1) is 12.0. The molecule has 1 aromatic carbocycles. The van der Waals surface area contributed by atoms with Crippen LogP contribution in [0.3, 0.4) is 0 Å². The summed E-state index contributed by atoms with van der Waals surface area (Å²) in [6.45, 7) is 2.20. The average Bonchev–Trinajstić information content (AvgIpc) is 2.96. The second-order valence-corrected chi connectivity index (χ2v) is 5.68. The Bertz CT molecular complexity index is 728. The summed E-state index contributed by atoms with van der Waals surface area (Å²) in [7, 11) is 0. The van der Waals surface area contributed by atoms with Crippen molar-refractivity contribution < 1.29 is 19.1 Å². The molecule has 0 aliphatic heterocycles. The average molecular weight is 348 g/mol. The summed E-state index contributed by atoms with van der Waals surface area (Å²) in [6, 6.07) is 5.77. The largest absolute Gasteiger partial charge is 0.481 e. The lowest BCUT2D eigenvalue weighted by Crippen LogP contribution is -2.25. The van der Waals surface area contributed by atoms with Gasteiger partial charge >= 0.3 is 5.97 Å². The molecular weight excluding hydrogens is 327 g/mol. The highest BCUT2D eigenvalue weighted by Gasteiger charge is 2.14. The summed E-state index contributed by atoms with van der Waals surface area (Å²) in [5, 5.41) is 15.5. The number of carbonyl (C=O) groups is 2. The number of aliphatic carboxylic acids is 1. The number of carbonyl (C=O) groups excluding carboxylic acids is 1. The molecule has 0 radical (unpaired) electrons. The van der Waals surface area contributed by atoms with Gasteiger partial charge in [0, 0.05) is 13.0 Å². The zero-order valence-electron chi connectivity index (χ0n) is 14.0. The zero-order valence-corrected chi connectivity index (χ0v) is 14.0. The van der Waals surface area contributed by atoms with Gasteiger partial charge in [0.05, 0.1) is 5.69 Å². The number of nitrogens with zero attached hydrogens (tertiary/aromatic N) is 3. The molecule has 0 saturated heterocycles. The van der Waals surface area contributed by atoms with Crippen LogP contribution in [0, 0.1) is 12.7 Å². The van der Waals surface area contributed by atoms with Gasteiger partial charge in [-0.2, -0.15) is 0 Å². The first kappa shape index (κ1) is 18.6. The van der Waals surface area contributed by atoms with E-state index in [1.165, 1.54) is 16.8 Å². The Morgan fingerprint density at radius 2 is 1.84 bits per heavy atom. The summed E-state index contributed by atoms with van der Waals surface area (Å²) in [5.74, 6) is -0.901. The summed E-state index contributed by atoms with van der Waals surface area (Å²) in [4.78, 5) is 26.6. The Labute approximate surface area is 144 Å². The predicted octanol–water partition coefficient (Wildman–Crippen LogP) is 2.48. The minimum atomic E-state index is -0.786. The molecule has 0 aliphatic rings. The normalized spacial score (nSPS) is 10.6. The van der Waals surface area contributed by atoms with Gasteiger partial charge in [0.2, 0.25) is 5.82 Å². The third-order valence-corrected chi connectivity index (χ3v) is 3.65. The van der Waals surface area contributed by atoms with Crippen LogP contribution in [0.5, 0.6) is 0 Å². The van der Waals surface area contributed by atoms with Gasteiger partial charge in [-0.05, 0) is 44.0 Å². The van der Waals surface area contributed by atoms with Crippen LogP contribution in [0.15, 0.2) is 24.3 Å². The molecule has 7 nitrogen and oxygen atoms in total. The van der Waals surface area contributed by atoms with Gasteiger partial charge in [0.15, 0.2) is 0 Å². The van der Waals surface area contributed by atoms with Crippen molar-refractivity contribution in [3.05, 3.63) is 41.7 Å². The van der Waals surface area contributed by atoms with Crippen molar-refractivity contribution >= 4 is 11.9 Å². The summed E-state index contributed by atoms with van der Waals surface area (Å²) >= 11 is 0. The number of carboxylic acids is 1. The number of halogens is 1. The van der Waals surface area contributed by atoms with Gasteiger partial charge in [-0.1, -0.05) is 12.8 Å². The van der Waals surface area contributed by atoms with Crippen LogP contribution in [0.1, 0.15) is 48.5 Å². The second kappa shape index (κ2) is 8.91. The first-order valence-electron chi connectivity index (χ1n) is 8.17. The Hall–Kier alpha value is -2.77. The third kappa shape index (κ3) is 5.66. The SMILES string of the molecule is Cc1nc(C(=O)NCCCCCCC(=O)O)nn1-c1ccc(F)cc1. The van der Waals surface area contributed by atoms with Crippen LogP contribution in [0.4, 0.5) is 4.39 Å². The van der Waals surface area contributed by atoms with Crippen molar-refractivity contribution in [2.24, 2.45) is 0 Å². The summed E-state index contributed by atoms with van der Waals surface area (Å²) in [5.41, 5.74) is 0.629. The number of rotatable bonds is 9. The van der Waals surface area contributed by atoms with Crippen LogP contribution in [0.2, 0.25) is 0 Å². The maximum Gasteiger partial charge on any atom is 0.303 e. The van der Waals surface area contributed by atoms with Crippen LogP contribution < -0.4 is 5.32 Å². The van der Waals surface area contributed by atoms with E-state index in [0.717, 1.165) is 19.3 Å². The van der Waals surface area contributed by atoms with E-state index in [1.807, 2.05) is 0 Å². The molecule has 2 rings (SSSR count). The van der Waals surface area contributed by atoms with Gasteiger partial charge in [0.25, 0.3) is 5.91 Å². The molecule has 0 bridgehead atoms. The maximum absolute atomic E-state index is 13.0. The molecule has 0 fully saturated rings. The Morgan fingerprint density at radius 3 is 2.52 bits per heavy atom. The van der Waals surface area contributed by atoms with Crippen molar-refractivity contribution in [2.45, 2.75) is 39.0 Å².